The van der Waals surface area contributed by atoms with Gasteiger partial charge in [0, 0.05) is 69.9 Å². The highest BCUT2D eigenvalue weighted by Gasteiger charge is 2.39. The minimum absolute atomic E-state index is 0.270. The van der Waals surface area contributed by atoms with E-state index in [9.17, 15) is 9.50 Å². The predicted octanol–water partition coefficient (Wildman–Crippen LogP) is 6.64. The maximum Gasteiger partial charge on any atom is 0.161 e. The molecule has 2 aromatic rings. The molecule has 6 aliphatic rings. The molecule has 2 aromatic carbocycles. The number of phenolic OH excluding ortho intramolecular Hbond substituents is 1. The summed E-state index contributed by atoms with van der Waals surface area (Å²) >= 11 is 0. The Morgan fingerprint density at radius 2 is 1.22 bits per heavy atom. The monoisotopic (exact) mass is 692 g/mol. The summed E-state index contributed by atoms with van der Waals surface area (Å²) in [6, 6.07) is 10.5. The third kappa shape index (κ3) is 7.62. The van der Waals surface area contributed by atoms with E-state index in [2.05, 4.69) is 51.9 Å². The van der Waals surface area contributed by atoms with Gasteiger partial charge in [-0.1, -0.05) is 38.5 Å². The molecule has 8 rings (SSSR count). The van der Waals surface area contributed by atoms with Crippen LogP contribution in [0.3, 0.4) is 0 Å². The van der Waals surface area contributed by atoms with Gasteiger partial charge in [-0.3, -0.25) is 14.2 Å². The van der Waals surface area contributed by atoms with E-state index in [1.165, 1.54) is 86.7 Å². The minimum Gasteiger partial charge on any atom is -0.504 e. The summed E-state index contributed by atoms with van der Waals surface area (Å²) in [7, 11) is 7.89. The summed E-state index contributed by atoms with van der Waals surface area (Å²) in [5.74, 6) is 4.32. The fourth-order valence-corrected chi connectivity index (χ4v) is 9.47. The highest BCUT2D eigenvalue weighted by molar-refractivity contribution is 5.50. The Balaban J connectivity index is 0.000000159. The van der Waals surface area contributed by atoms with Crippen molar-refractivity contribution in [1.82, 2.24) is 19.6 Å². The van der Waals surface area contributed by atoms with Gasteiger partial charge in [0.15, 0.2) is 23.0 Å². The number of fused-ring (bicyclic) bond motifs is 6. The van der Waals surface area contributed by atoms with Crippen molar-refractivity contribution in [3.8, 4) is 23.0 Å². The smallest absolute Gasteiger partial charge is 0.161 e. The van der Waals surface area contributed by atoms with Crippen LogP contribution in [0, 0.1) is 11.8 Å². The molecule has 0 spiro atoms. The van der Waals surface area contributed by atoms with Crippen LogP contribution in [0.15, 0.2) is 24.3 Å². The number of methoxy groups -OCH3 is 2. The van der Waals surface area contributed by atoms with Crippen LogP contribution < -0.4 is 14.2 Å². The Morgan fingerprint density at radius 1 is 0.700 bits per heavy atom. The molecule has 4 heterocycles. The van der Waals surface area contributed by atoms with Gasteiger partial charge < -0.3 is 29.1 Å². The van der Waals surface area contributed by atoms with Crippen molar-refractivity contribution >= 4 is 0 Å². The molecule has 2 saturated carbocycles. The lowest BCUT2D eigenvalue weighted by molar-refractivity contribution is 0.0217. The summed E-state index contributed by atoms with van der Waals surface area (Å²) in [5.41, 5.74) is 5.37. The van der Waals surface area contributed by atoms with Crippen LogP contribution in [0.2, 0.25) is 0 Å². The first-order valence-electron chi connectivity index (χ1n) is 19.5. The Kier molecular flexibility index (Phi) is 11.4. The van der Waals surface area contributed by atoms with Gasteiger partial charge >= 0.3 is 0 Å². The SMILES string of the molecule is COc1cc2c(cc1O)CCN1C[C@@H](CC3CCC3)N(C)C[C@@H]21.COc1cc2c(cc1OCCCF)CCN1C[C@@H](CC3CCC3)N(C)C[C@@H]21. The second kappa shape index (κ2) is 16.0. The number of piperazine rings is 2. The number of likely N-dealkylation sites (N-methyl/N-ethyl adjacent to an activating group) is 2. The van der Waals surface area contributed by atoms with Crippen molar-refractivity contribution in [2.45, 2.75) is 94.8 Å². The zero-order valence-electron chi connectivity index (χ0n) is 31.0. The molecule has 0 amide bonds. The van der Waals surface area contributed by atoms with Gasteiger partial charge in [-0.25, -0.2) is 0 Å². The van der Waals surface area contributed by atoms with Crippen molar-refractivity contribution in [2.24, 2.45) is 11.8 Å². The standard InChI is InChI=1S/C22H33FN2O2.C19H28N2O2/c1-24-15-20-19-13-21(26-2)22(27-10-4-8-23)12-17(19)7-9-25(20)14-18(24)11-16-5-3-6-16;1-20-12-17-16-10-19(23-2)18(22)9-14(16)6-7-21(17)11-15(20)8-13-4-3-5-13/h12-13,16,18,20H,3-11,14-15H2,1-2H3;9-10,13,15,17,22H,3-8,11-12H2,1-2H3/t18-,20+;15-,17+/m11/s1. The molecule has 4 aliphatic heterocycles. The van der Waals surface area contributed by atoms with Gasteiger partial charge in [0.05, 0.1) is 27.5 Å². The second-order valence-corrected chi connectivity index (χ2v) is 16.1. The lowest BCUT2D eigenvalue weighted by Gasteiger charge is -2.49. The topological polar surface area (TPSA) is 60.9 Å². The highest BCUT2D eigenvalue weighted by Crippen LogP contribution is 2.43. The maximum absolute atomic E-state index is 12.4. The molecule has 276 valence electrons. The van der Waals surface area contributed by atoms with E-state index in [1.54, 1.807) is 14.2 Å². The Labute approximate surface area is 299 Å². The molecule has 50 heavy (non-hydrogen) atoms. The van der Waals surface area contributed by atoms with E-state index in [-0.39, 0.29) is 12.4 Å². The highest BCUT2D eigenvalue weighted by atomic mass is 19.1. The number of hydrogen-bond acceptors (Lipinski definition) is 8. The summed E-state index contributed by atoms with van der Waals surface area (Å²) < 4.78 is 29.1. The molecular formula is C41H61FN4O4. The fraction of sp³-hybridized carbons (Fsp3) is 0.707. The van der Waals surface area contributed by atoms with E-state index in [0.717, 1.165) is 62.4 Å². The molecule has 0 aromatic heterocycles. The number of ether oxygens (including phenoxy) is 3. The zero-order chi connectivity index (χ0) is 34.8. The molecule has 1 N–H and O–H groups in total. The van der Waals surface area contributed by atoms with Crippen LogP contribution >= 0.6 is 0 Å². The number of alkyl halides is 1. The molecular weight excluding hydrogens is 631 g/mol. The summed E-state index contributed by atoms with van der Waals surface area (Å²) in [5, 5.41) is 10.0. The average Bonchev–Trinajstić information content (AvgIpc) is 3.08. The second-order valence-electron chi connectivity index (χ2n) is 16.1. The number of aromatic hydroxyl groups is 1. The number of nitrogens with zero attached hydrogens (tertiary/aromatic N) is 4. The van der Waals surface area contributed by atoms with Crippen molar-refractivity contribution in [1.29, 1.82) is 0 Å². The van der Waals surface area contributed by atoms with Crippen LogP contribution in [0.4, 0.5) is 4.39 Å². The Hall–Kier alpha value is -2.59. The minimum atomic E-state index is -0.349. The quantitative estimate of drug-likeness (QED) is 0.278. The maximum atomic E-state index is 12.4. The predicted molar refractivity (Wildman–Crippen MR) is 197 cm³/mol. The van der Waals surface area contributed by atoms with Crippen molar-refractivity contribution < 1.29 is 23.7 Å². The summed E-state index contributed by atoms with van der Waals surface area (Å²) in [4.78, 5) is 10.5. The van der Waals surface area contributed by atoms with Crippen molar-refractivity contribution in [3.63, 3.8) is 0 Å². The first kappa shape index (κ1) is 35.8. The first-order chi connectivity index (χ1) is 24.3. The Morgan fingerprint density at radius 3 is 1.70 bits per heavy atom. The molecule has 0 radical (unpaired) electrons. The number of rotatable bonds is 10. The number of phenols is 1. The van der Waals surface area contributed by atoms with Crippen LogP contribution in [-0.2, 0) is 12.8 Å². The number of halogens is 1. The molecule has 4 fully saturated rings. The largest absolute Gasteiger partial charge is 0.504 e. The fourth-order valence-electron chi connectivity index (χ4n) is 9.47. The molecule has 0 unspecified atom stereocenters. The average molecular weight is 693 g/mol. The summed E-state index contributed by atoms with van der Waals surface area (Å²) in [6.45, 7) is 6.79. The van der Waals surface area contributed by atoms with E-state index >= 15 is 0 Å². The third-order valence-corrected chi connectivity index (χ3v) is 13.1. The lowest BCUT2D eigenvalue weighted by Crippen LogP contribution is -2.55. The van der Waals surface area contributed by atoms with Gasteiger partial charge in [0.2, 0.25) is 0 Å². The van der Waals surface area contributed by atoms with E-state index < -0.39 is 0 Å². The Bertz CT molecular complexity index is 1450. The molecule has 4 atom stereocenters. The lowest BCUT2D eigenvalue weighted by atomic mass is 9.79. The van der Waals surface area contributed by atoms with Crippen LogP contribution in [0.5, 0.6) is 23.0 Å². The third-order valence-electron chi connectivity index (χ3n) is 13.1. The molecule has 9 heteroatoms. The van der Waals surface area contributed by atoms with Gasteiger partial charge in [0.25, 0.3) is 0 Å². The molecule has 2 aliphatic carbocycles. The first-order valence-corrected chi connectivity index (χ1v) is 19.5. The van der Waals surface area contributed by atoms with E-state index in [1.807, 2.05) is 6.07 Å². The molecule has 2 saturated heterocycles. The van der Waals surface area contributed by atoms with E-state index in [4.69, 9.17) is 14.2 Å². The van der Waals surface area contributed by atoms with Gasteiger partial charge in [-0.2, -0.15) is 0 Å². The van der Waals surface area contributed by atoms with Crippen molar-refractivity contribution in [2.75, 3.05) is 80.9 Å². The molecule has 8 nitrogen and oxygen atoms in total. The zero-order valence-corrected chi connectivity index (χ0v) is 31.0. The molecule has 0 bridgehead atoms. The number of hydrogen-bond donors (Lipinski definition) is 1. The van der Waals surface area contributed by atoms with Crippen LogP contribution in [-0.4, -0.2) is 118 Å². The van der Waals surface area contributed by atoms with Gasteiger partial charge in [0.1, 0.15) is 0 Å². The van der Waals surface area contributed by atoms with E-state index in [0.29, 0.717) is 42.9 Å². The normalized spacial score (nSPS) is 27.4. The summed E-state index contributed by atoms with van der Waals surface area (Å²) in [6.07, 6.45) is 13.8. The number of benzene rings is 2. The van der Waals surface area contributed by atoms with Gasteiger partial charge in [-0.15, -0.1) is 0 Å². The van der Waals surface area contributed by atoms with Crippen molar-refractivity contribution in [3.05, 3.63) is 46.5 Å². The van der Waals surface area contributed by atoms with Crippen LogP contribution in [0.25, 0.3) is 0 Å². The van der Waals surface area contributed by atoms with Crippen LogP contribution in [0.1, 0.15) is 92.1 Å². The van der Waals surface area contributed by atoms with Gasteiger partial charge in [-0.05, 0) is 98.1 Å².